The van der Waals surface area contributed by atoms with Crippen molar-refractivity contribution >= 4 is 29.4 Å². The Hall–Kier alpha value is -2.82. The van der Waals surface area contributed by atoms with Crippen molar-refractivity contribution in [1.29, 1.82) is 0 Å². The van der Waals surface area contributed by atoms with E-state index in [1.54, 1.807) is 18.2 Å². The van der Waals surface area contributed by atoms with E-state index in [9.17, 15) is 41.0 Å². The highest BCUT2D eigenvalue weighted by Crippen LogP contribution is 2.60. The summed E-state index contributed by atoms with van der Waals surface area (Å²) in [6.45, 7) is -0.234. The third-order valence-electron chi connectivity index (χ3n) is 7.20. The lowest BCUT2D eigenvalue weighted by atomic mass is 9.44. The number of carbonyl (C=O) groups excluding carboxylic acids is 2. The molecule has 4 aliphatic carbocycles. The molecular weight excluding hydrogens is 594 g/mol. The molecule has 0 unspecified atom stereocenters. The molecule has 4 saturated carbocycles. The Kier molecular flexibility index (Phi) is 8.44. The Labute approximate surface area is 233 Å². The van der Waals surface area contributed by atoms with Crippen LogP contribution in [0.5, 0.6) is 5.75 Å². The second-order valence-corrected chi connectivity index (χ2v) is 11.0. The molecule has 2 atom stereocenters. The molecular formula is C24H25ClF6N2O8. The Morgan fingerprint density at radius 3 is 2.15 bits per heavy atom. The minimum absolute atomic E-state index is 0.0997. The highest BCUT2D eigenvalue weighted by molar-refractivity contribution is 6.30. The van der Waals surface area contributed by atoms with E-state index in [1.807, 2.05) is 0 Å². The van der Waals surface area contributed by atoms with Gasteiger partial charge in [-0.05, 0) is 37.5 Å². The summed E-state index contributed by atoms with van der Waals surface area (Å²) in [4.78, 5) is 33.8. The standard InChI is InChI=1S/C22H24ClF3N2O6.C2HF3O2/c23-11-1-2-16-14(3-11)15(29)6-17(33-16)19(31)28-21-8-20(9-21,10-21)27-18(30)7-32-12-4-13(5-12)34-22(24,25)26;3-2(4,5)1(6)7/h1-3,12-13,15,17,29H,4-10H2,(H,27,30)(H,28,31);(H,6,7)/t12?,13?,15-,17+,20?,21?;/m1./s1. The second kappa shape index (κ2) is 11.1. The lowest BCUT2D eigenvalue weighted by Gasteiger charge is -2.70. The van der Waals surface area contributed by atoms with Crippen LogP contribution in [-0.2, 0) is 23.9 Å². The topological polar surface area (TPSA) is 143 Å². The van der Waals surface area contributed by atoms with E-state index in [0.717, 1.165) is 0 Å². The first-order chi connectivity index (χ1) is 18.9. The van der Waals surface area contributed by atoms with Crippen LogP contribution in [0.4, 0.5) is 26.3 Å². The van der Waals surface area contributed by atoms with Crippen LogP contribution >= 0.6 is 11.6 Å². The van der Waals surface area contributed by atoms with E-state index in [-0.39, 0.29) is 37.7 Å². The molecule has 0 aromatic heterocycles. The van der Waals surface area contributed by atoms with E-state index in [0.29, 0.717) is 35.6 Å². The average Bonchev–Trinajstić information content (AvgIpc) is 2.77. The zero-order chi connectivity index (χ0) is 30.4. The Balaban J connectivity index is 0.000000493. The number of alkyl halides is 6. The fourth-order valence-electron chi connectivity index (χ4n) is 5.44. The third-order valence-corrected chi connectivity index (χ3v) is 7.43. The SMILES string of the molecule is O=C(COC1CC(OC(F)(F)F)C1)NC12CC(NC(=O)[C@@H]3C[C@@H](O)c4cc(Cl)ccc4O3)(C1)C2.O=C(O)C(F)(F)F. The number of fused-ring (bicyclic) bond motifs is 1. The Morgan fingerprint density at radius 2 is 1.59 bits per heavy atom. The summed E-state index contributed by atoms with van der Waals surface area (Å²) >= 11 is 5.95. The first-order valence-corrected chi connectivity index (χ1v) is 12.7. The molecule has 1 aliphatic heterocycles. The highest BCUT2D eigenvalue weighted by Gasteiger charge is 2.69. The van der Waals surface area contributed by atoms with Gasteiger partial charge in [0.2, 0.25) is 5.91 Å². The number of amides is 2. The van der Waals surface area contributed by atoms with E-state index >= 15 is 0 Å². The molecule has 41 heavy (non-hydrogen) atoms. The number of ether oxygens (including phenoxy) is 3. The fraction of sp³-hybridized carbons (Fsp3) is 0.625. The zero-order valence-electron chi connectivity index (χ0n) is 21.0. The van der Waals surface area contributed by atoms with Crippen molar-refractivity contribution < 1.29 is 65.1 Å². The molecule has 1 aromatic carbocycles. The molecule has 4 fully saturated rings. The number of nitrogens with one attached hydrogen (secondary N) is 2. The van der Waals surface area contributed by atoms with Crippen LogP contribution in [0.1, 0.15) is 50.2 Å². The number of rotatable bonds is 7. The van der Waals surface area contributed by atoms with Gasteiger partial charge in [0.15, 0.2) is 6.10 Å². The van der Waals surface area contributed by atoms with E-state index in [4.69, 9.17) is 31.0 Å². The fourth-order valence-corrected chi connectivity index (χ4v) is 5.62. The maximum Gasteiger partial charge on any atom is 0.522 e. The summed E-state index contributed by atoms with van der Waals surface area (Å²) in [7, 11) is 0. The predicted molar refractivity (Wildman–Crippen MR) is 125 cm³/mol. The molecule has 2 amide bonds. The van der Waals surface area contributed by atoms with Crippen LogP contribution in [0.25, 0.3) is 0 Å². The number of hydrogen-bond acceptors (Lipinski definition) is 7. The van der Waals surface area contributed by atoms with E-state index in [1.165, 1.54) is 0 Å². The van der Waals surface area contributed by atoms with Crippen LogP contribution in [0.15, 0.2) is 18.2 Å². The number of carboxylic acid groups (broad SMARTS) is 1. The number of halogens is 7. The summed E-state index contributed by atoms with van der Waals surface area (Å²) < 4.78 is 83.1. The minimum Gasteiger partial charge on any atom is -0.480 e. The summed E-state index contributed by atoms with van der Waals surface area (Å²) in [6, 6.07) is 4.87. The lowest BCUT2D eigenvalue weighted by Crippen LogP contribution is -2.84. The van der Waals surface area contributed by atoms with Crippen LogP contribution in [0.3, 0.4) is 0 Å². The molecule has 228 valence electrons. The maximum atomic E-state index is 12.7. The first-order valence-electron chi connectivity index (χ1n) is 12.3. The number of aliphatic hydroxyl groups excluding tert-OH is 1. The summed E-state index contributed by atoms with van der Waals surface area (Å²) in [5.74, 6) is -2.99. The van der Waals surface area contributed by atoms with Gasteiger partial charge in [0.1, 0.15) is 12.4 Å². The van der Waals surface area contributed by atoms with Crippen molar-refractivity contribution in [3.8, 4) is 5.75 Å². The van der Waals surface area contributed by atoms with Gasteiger partial charge in [-0.1, -0.05) is 11.6 Å². The molecule has 6 rings (SSSR count). The third kappa shape index (κ3) is 7.53. The minimum atomic E-state index is -5.08. The monoisotopic (exact) mass is 618 g/mol. The molecule has 5 aliphatic rings. The van der Waals surface area contributed by atoms with Crippen LogP contribution in [0, 0.1) is 0 Å². The van der Waals surface area contributed by atoms with Gasteiger partial charge in [-0.2, -0.15) is 13.2 Å². The molecule has 0 saturated heterocycles. The second-order valence-electron chi connectivity index (χ2n) is 10.6. The Morgan fingerprint density at radius 1 is 1.00 bits per heavy atom. The summed E-state index contributed by atoms with van der Waals surface area (Å²) in [5, 5.41) is 23.9. The molecule has 2 bridgehead atoms. The number of benzene rings is 1. The summed E-state index contributed by atoms with van der Waals surface area (Å²) in [5.41, 5.74) is -0.252. The molecule has 1 aromatic rings. The van der Waals surface area contributed by atoms with Crippen LogP contribution < -0.4 is 15.4 Å². The van der Waals surface area contributed by atoms with Crippen molar-refractivity contribution in [2.24, 2.45) is 0 Å². The van der Waals surface area contributed by atoms with Gasteiger partial charge in [-0.15, -0.1) is 13.2 Å². The molecule has 10 nitrogen and oxygen atoms in total. The van der Waals surface area contributed by atoms with Gasteiger partial charge in [-0.25, -0.2) is 4.79 Å². The van der Waals surface area contributed by atoms with Crippen molar-refractivity contribution in [2.45, 2.75) is 86.6 Å². The van der Waals surface area contributed by atoms with Crippen LogP contribution in [-0.4, -0.2) is 76.5 Å². The molecule has 4 N–H and O–H groups in total. The van der Waals surface area contributed by atoms with Crippen molar-refractivity contribution in [3.05, 3.63) is 28.8 Å². The smallest absolute Gasteiger partial charge is 0.480 e. The predicted octanol–water partition coefficient (Wildman–Crippen LogP) is 3.15. The normalized spacial score (nSPS) is 31.4. The van der Waals surface area contributed by atoms with Crippen LogP contribution in [0.2, 0.25) is 5.02 Å². The number of aliphatic carboxylic acids is 1. The lowest BCUT2D eigenvalue weighted by molar-refractivity contribution is -0.357. The van der Waals surface area contributed by atoms with Crippen molar-refractivity contribution in [3.63, 3.8) is 0 Å². The van der Waals surface area contributed by atoms with Gasteiger partial charge in [0, 0.05) is 40.9 Å². The number of carboxylic acids is 1. The van der Waals surface area contributed by atoms with E-state index in [2.05, 4.69) is 15.4 Å². The van der Waals surface area contributed by atoms with Gasteiger partial charge in [0.05, 0.1) is 18.3 Å². The van der Waals surface area contributed by atoms with E-state index < -0.39 is 54.0 Å². The first kappa shape index (κ1) is 31.1. The molecule has 17 heteroatoms. The average molecular weight is 619 g/mol. The largest absolute Gasteiger partial charge is 0.522 e. The number of aliphatic hydroxyl groups is 1. The highest BCUT2D eigenvalue weighted by atomic mass is 35.5. The molecule has 1 heterocycles. The molecule has 0 radical (unpaired) electrons. The quantitative estimate of drug-likeness (QED) is 0.342. The van der Waals surface area contributed by atoms with Crippen molar-refractivity contribution in [1.82, 2.24) is 10.6 Å². The maximum absolute atomic E-state index is 12.7. The molecule has 0 spiro atoms. The number of carbonyl (C=O) groups is 3. The van der Waals surface area contributed by atoms with Gasteiger partial charge < -0.3 is 30.3 Å². The zero-order valence-corrected chi connectivity index (χ0v) is 21.7. The summed E-state index contributed by atoms with van der Waals surface area (Å²) in [6.07, 6.45) is -10.7. The number of hydrogen-bond donors (Lipinski definition) is 4. The van der Waals surface area contributed by atoms with Crippen molar-refractivity contribution in [2.75, 3.05) is 6.61 Å². The van der Waals surface area contributed by atoms with Gasteiger partial charge in [0.25, 0.3) is 5.91 Å². The van der Waals surface area contributed by atoms with Gasteiger partial charge in [-0.3, -0.25) is 14.3 Å². The van der Waals surface area contributed by atoms with Gasteiger partial charge >= 0.3 is 18.5 Å². The Bertz CT molecular complexity index is 1170.